The standard InChI is InChI=1S/C37H21BrClNO/c38-22-17-19-31-29(21-22)37(26-13-6-4-11-24(26)25-12-5-7-14-27(25)37)28-18-20-33-35(34-30(39)15-8-16-32(34)41-33)36(28)40(31)23-9-2-1-3-10-23/h1-21H. The molecule has 0 N–H and O–H groups in total. The summed E-state index contributed by atoms with van der Waals surface area (Å²) in [6.45, 7) is 0. The van der Waals surface area contributed by atoms with E-state index in [0.717, 1.165) is 43.5 Å². The van der Waals surface area contributed by atoms with Crippen LogP contribution in [0.25, 0.3) is 33.1 Å². The SMILES string of the molecule is Clc1cccc2oc3ccc4c(c3c12)N(c1ccccc1)c1ccc(Br)cc1C41c2ccccc2-c2ccccc21. The van der Waals surface area contributed by atoms with Crippen LogP contribution >= 0.6 is 27.5 Å². The van der Waals surface area contributed by atoms with Crippen molar-refractivity contribution in [2.24, 2.45) is 0 Å². The molecule has 0 atom stereocenters. The Morgan fingerprint density at radius 3 is 2.02 bits per heavy atom. The number of hydrogen-bond donors (Lipinski definition) is 0. The van der Waals surface area contributed by atoms with E-state index in [1.54, 1.807) is 0 Å². The molecule has 1 aliphatic heterocycles. The van der Waals surface area contributed by atoms with Gasteiger partial charge in [-0.15, -0.1) is 0 Å². The van der Waals surface area contributed by atoms with E-state index in [1.807, 2.05) is 18.2 Å². The fourth-order valence-electron chi connectivity index (χ4n) is 7.31. The number of fused-ring (bicyclic) bond motifs is 13. The minimum atomic E-state index is -0.536. The van der Waals surface area contributed by atoms with Crippen molar-refractivity contribution in [3.05, 3.63) is 159 Å². The topological polar surface area (TPSA) is 16.4 Å². The first-order valence-electron chi connectivity index (χ1n) is 13.7. The van der Waals surface area contributed by atoms with Gasteiger partial charge in [-0.25, -0.2) is 0 Å². The van der Waals surface area contributed by atoms with Gasteiger partial charge in [-0.2, -0.15) is 0 Å². The summed E-state index contributed by atoms with van der Waals surface area (Å²) < 4.78 is 7.51. The molecule has 4 heteroatoms. The van der Waals surface area contributed by atoms with E-state index in [1.165, 1.54) is 33.4 Å². The average Bonchev–Trinajstić information content (AvgIpc) is 3.54. The lowest BCUT2D eigenvalue weighted by atomic mass is 9.64. The zero-order valence-electron chi connectivity index (χ0n) is 21.7. The summed E-state index contributed by atoms with van der Waals surface area (Å²) in [6.07, 6.45) is 0. The fraction of sp³-hybridized carbons (Fsp3) is 0.0270. The number of furan rings is 1. The maximum absolute atomic E-state index is 6.96. The van der Waals surface area contributed by atoms with Gasteiger partial charge in [0.05, 0.1) is 27.2 Å². The van der Waals surface area contributed by atoms with Crippen LogP contribution in [0.1, 0.15) is 22.3 Å². The van der Waals surface area contributed by atoms with E-state index >= 15 is 0 Å². The molecule has 1 aliphatic carbocycles. The molecule has 0 amide bonds. The molecule has 2 aliphatic rings. The van der Waals surface area contributed by atoms with Crippen molar-refractivity contribution in [3.8, 4) is 11.1 Å². The van der Waals surface area contributed by atoms with Crippen LogP contribution < -0.4 is 4.90 Å². The minimum Gasteiger partial charge on any atom is -0.456 e. The maximum Gasteiger partial charge on any atom is 0.137 e. The first-order chi connectivity index (χ1) is 20.2. The van der Waals surface area contributed by atoms with E-state index in [9.17, 15) is 0 Å². The van der Waals surface area contributed by atoms with Crippen molar-refractivity contribution in [3.63, 3.8) is 0 Å². The number of para-hydroxylation sites is 1. The fourth-order valence-corrected chi connectivity index (χ4v) is 7.94. The summed E-state index contributed by atoms with van der Waals surface area (Å²) in [5.74, 6) is 0. The minimum absolute atomic E-state index is 0.536. The molecule has 194 valence electrons. The van der Waals surface area contributed by atoms with E-state index in [0.29, 0.717) is 5.02 Å². The van der Waals surface area contributed by atoms with Crippen molar-refractivity contribution in [2.45, 2.75) is 5.41 Å². The van der Waals surface area contributed by atoms with Gasteiger partial charge >= 0.3 is 0 Å². The predicted molar refractivity (Wildman–Crippen MR) is 172 cm³/mol. The third-order valence-electron chi connectivity index (χ3n) is 8.78. The zero-order valence-corrected chi connectivity index (χ0v) is 24.1. The lowest BCUT2D eigenvalue weighted by molar-refractivity contribution is 0.668. The summed E-state index contributed by atoms with van der Waals surface area (Å²) in [5, 5.41) is 2.66. The number of benzene rings is 6. The van der Waals surface area contributed by atoms with Crippen molar-refractivity contribution in [1.82, 2.24) is 0 Å². The molecule has 0 radical (unpaired) electrons. The summed E-state index contributed by atoms with van der Waals surface area (Å²) in [5.41, 5.74) is 11.9. The van der Waals surface area contributed by atoms with Gasteiger partial charge in [-0.1, -0.05) is 106 Å². The second-order valence-electron chi connectivity index (χ2n) is 10.7. The summed E-state index contributed by atoms with van der Waals surface area (Å²) in [7, 11) is 0. The Hall–Kier alpha value is -4.31. The Bertz CT molecular complexity index is 2150. The molecule has 41 heavy (non-hydrogen) atoms. The highest BCUT2D eigenvalue weighted by atomic mass is 79.9. The van der Waals surface area contributed by atoms with Crippen LogP contribution in [0.15, 0.2) is 136 Å². The predicted octanol–water partition coefficient (Wildman–Crippen LogP) is 11.1. The third-order valence-corrected chi connectivity index (χ3v) is 9.59. The molecule has 2 nitrogen and oxygen atoms in total. The molecule has 1 aromatic heterocycles. The molecule has 0 saturated carbocycles. The zero-order chi connectivity index (χ0) is 27.3. The molecular formula is C37H21BrClNO. The monoisotopic (exact) mass is 609 g/mol. The van der Waals surface area contributed by atoms with Crippen molar-refractivity contribution in [2.75, 3.05) is 4.90 Å². The molecule has 7 aromatic rings. The van der Waals surface area contributed by atoms with Crippen LogP contribution in [0.5, 0.6) is 0 Å². The second-order valence-corrected chi connectivity index (χ2v) is 12.0. The lowest BCUT2D eigenvalue weighted by Gasteiger charge is -2.45. The van der Waals surface area contributed by atoms with Crippen LogP contribution in [-0.2, 0) is 5.41 Å². The largest absolute Gasteiger partial charge is 0.456 e. The van der Waals surface area contributed by atoms with Gasteiger partial charge in [0.15, 0.2) is 0 Å². The number of rotatable bonds is 1. The molecule has 9 rings (SSSR count). The quantitative estimate of drug-likeness (QED) is 0.184. The molecule has 0 fully saturated rings. The van der Waals surface area contributed by atoms with Crippen molar-refractivity contribution in [1.29, 1.82) is 0 Å². The molecule has 2 heterocycles. The van der Waals surface area contributed by atoms with Crippen LogP contribution in [-0.4, -0.2) is 0 Å². The Kier molecular flexibility index (Phi) is 4.77. The molecule has 0 unspecified atom stereocenters. The molecule has 0 bridgehead atoms. The van der Waals surface area contributed by atoms with E-state index < -0.39 is 5.41 Å². The average molecular weight is 611 g/mol. The van der Waals surface area contributed by atoms with Gasteiger partial charge in [-0.3, -0.25) is 0 Å². The van der Waals surface area contributed by atoms with E-state index in [2.05, 4.69) is 130 Å². The highest BCUT2D eigenvalue weighted by molar-refractivity contribution is 9.10. The Morgan fingerprint density at radius 2 is 1.27 bits per heavy atom. The highest BCUT2D eigenvalue weighted by Crippen LogP contribution is 2.65. The number of halogens is 2. The highest BCUT2D eigenvalue weighted by Gasteiger charge is 2.52. The Morgan fingerprint density at radius 1 is 0.585 bits per heavy atom. The van der Waals surface area contributed by atoms with Gasteiger partial charge in [0.2, 0.25) is 0 Å². The Balaban J connectivity index is 1.56. The van der Waals surface area contributed by atoms with Crippen molar-refractivity contribution >= 4 is 66.5 Å². The normalized spacial score (nSPS) is 14.2. The van der Waals surface area contributed by atoms with Crippen LogP contribution in [0.2, 0.25) is 5.02 Å². The summed E-state index contributed by atoms with van der Waals surface area (Å²) in [6, 6.07) is 45.3. The molecule has 6 aromatic carbocycles. The number of anilines is 3. The van der Waals surface area contributed by atoms with Gasteiger partial charge in [0, 0.05) is 15.5 Å². The van der Waals surface area contributed by atoms with Gasteiger partial charge in [0.1, 0.15) is 11.2 Å². The van der Waals surface area contributed by atoms with Crippen LogP contribution in [0.3, 0.4) is 0 Å². The van der Waals surface area contributed by atoms with E-state index in [4.69, 9.17) is 16.0 Å². The van der Waals surface area contributed by atoms with Crippen LogP contribution in [0.4, 0.5) is 17.1 Å². The van der Waals surface area contributed by atoms with Crippen molar-refractivity contribution < 1.29 is 4.42 Å². The molecule has 0 saturated heterocycles. The smallest absolute Gasteiger partial charge is 0.137 e. The third kappa shape index (κ3) is 2.92. The maximum atomic E-state index is 6.96. The summed E-state index contributed by atoms with van der Waals surface area (Å²) >= 11 is 10.8. The van der Waals surface area contributed by atoms with E-state index in [-0.39, 0.29) is 0 Å². The number of nitrogens with zero attached hydrogens (tertiary/aromatic N) is 1. The Labute approximate surface area is 250 Å². The molecular weight excluding hydrogens is 590 g/mol. The van der Waals surface area contributed by atoms with Crippen LogP contribution in [0, 0.1) is 0 Å². The van der Waals surface area contributed by atoms with Gasteiger partial charge in [-0.05, 0) is 81.9 Å². The molecule has 1 spiro atoms. The van der Waals surface area contributed by atoms with Gasteiger partial charge < -0.3 is 9.32 Å². The van der Waals surface area contributed by atoms with Gasteiger partial charge in [0.25, 0.3) is 0 Å². The summed E-state index contributed by atoms with van der Waals surface area (Å²) in [4.78, 5) is 2.40. The second kappa shape index (κ2) is 8.36. The first-order valence-corrected chi connectivity index (χ1v) is 14.8. The first kappa shape index (κ1) is 23.4. The lowest BCUT2D eigenvalue weighted by Crippen LogP contribution is -2.36. The number of hydrogen-bond acceptors (Lipinski definition) is 2.